The largest absolute Gasteiger partial charge is 0.355 e. The number of piperidine rings is 1. The van der Waals surface area contributed by atoms with Crippen LogP contribution in [-0.4, -0.2) is 49.9 Å². The van der Waals surface area contributed by atoms with Crippen molar-refractivity contribution in [3.63, 3.8) is 0 Å². The topological polar surface area (TPSA) is 61.4 Å². The molecule has 0 aliphatic carbocycles. The van der Waals surface area contributed by atoms with Crippen LogP contribution in [0, 0.1) is 5.92 Å². The van der Waals surface area contributed by atoms with Gasteiger partial charge in [-0.1, -0.05) is 0 Å². The number of hydrogen-bond acceptors (Lipinski definition) is 3. The molecular weight excluding hydrogens is 206 g/mol. The molecule has 1 heterocycles. The van der Waals surface area contributed by atoms with Gasteiger partial charge in [0.1, 0.15) is 0 Å². The van der Waals surface area contributed by atoms with Gasteiger partial charge in [-0.25, -0.2) is 0 Å². The van der Waals surface area contributed by atoms with Crippen LogP contribution in [-0.2, 0) is 9.59 Å². The molecule has 0 bridgehead atoms. The van der Waals surface area contributed by atoms with Crippen molar-refractivity contribution < 1.29 is 9.59 Å². The second kappa shape index (κ2) is 5.84. The minimum absolute atomic E-state index is 0.0467. The van der Waals surface area contributed by atoms with Crippen LogP contribution >= 0.6 is 0 Å². The monoisotopic (exact) mass is 227 g/mol. The van der Waals surface area contributed by atoms with Gasteiger partial charge in [-0.15, -0.1) is 0 Å². The molecular formula is C11H21N3O2. The van der Waals surface area contributed by atoms with Crippen molar-refractivity contribution >= 4 is 11.8 Å². The molecule has 92 valence electrons. The highest BCUT2D eigenvalue weighted by molar-refractivity contribution is 5.83. The second-order valence-corrected chi connectivity index (χ2v) is 4.71. The molecule has 1 aliphatic rings. The highest BCUT2D eigenvalue weighted by Gasteiger charge is 2.25. The summed E-state index contributed by atoms with van der Waals surface area (Å²) in [6, 6.07) is 0.139. The van der Waals surface area contributed by atoms with Crippen molar-refractivity contribution in [2.24, 2.45) is 5.92 Å². The Morgan fingerprint density at radius 2 is 2.31 bits per heavy atom. The molecule has 0 radical (unpaired) electrons. The predicted octanol–water partition coefficient (Wildman–Crippen LogP) is -0.421. The van der Waals surface area contributed by atoms with Gasteiger partial charge in [0.2, 0.25) is 11.8 Å². The molecule has 1 rings (SSSR count). The summed E-state index contributed by atoms with van der Waals surface area (Å²) in [5.74, 6) is 0.0297. The Kier molecular flexibility index (Phi) is 4.73. The number of rotatable bonds is 4. The number of hydrogen-bond donors (Lipinski definition) is 2. The number of amides is 2. The lowest BCUT2D eigenvalue weighted by molar-refractivity contribution is -0.129. The summed E-state index contributed by atoms with van der Waals surface area (Å²) in [6.45, 7) is 3.28. The Morgan fingerprint density at radius 1 is 1.62 bits per heavy atom. The number of carbonyl (C=O) groups excluding carboxylic acids is 2. The predicted molar refractivity (Wildman–Crippen MR) is 61.9 cm³/mol. The van der Waals surface area contributed by atoms with Gasteiger partial charge in [0.05, 0.1) is 5.92 Å². The number of nitrogens with one attached hydrogen (secondary N) is 2. The minimum atomic E-state index is -0.0673. The molecule has 1 saturated heterocycles. The van der Waals surface area contributed by atoms with E-state index >= 15 is 0 Å². The zero-order chi connectivity index (χ0) is 12.1. The smallest absolute Gasteiger partial charge is 0.225 e. The standard InChI is InChI=1S/C11H21N3O2/c1-8(7-14(2)3)13-11(16)9-4-5-10(15)12-6-9/h8-9H,4-7H2,1-3H3,(H,12,15)(H,13,16). The molecule has 0 aromatic heterocycles. The normalized spacial score (nSPS) is 22.8. The first-order valence-corrected chi connectivity index (χ1v) is 5.71. The maximum Gasteiger partial charge on any atom is 0.225 e. The average molecular weight is 227 g/mol. The molecule has 0 spiro atoms. The summed E-state index contributed by atoms with van der Waals surface area (Å²) < 4.78 is 0. The fraction of sp³-hybridized carbons (Fsp3) is 0.818. The van der Waals surface area contributed by atoms with E-state index in [4.69, 9.17) is 0 Å². The zero-order valence-corrected chi connectivity index (χ0v) is 10.2. The van der Waals surface area contributed by atoms with Crippen molar-refractivity contribution in [1.82, 2.24) is 15.5 Å². The third kappa shape index (κ3) is 4.18. The number of likely N-dealkylation sites (N-methyl/N-ethyl adjacent to an activating group) is 1. The molecule has 0 aromatic carbocycles. The van der Waals surface area contributed by atoms with Crippen LogP contribution < -0.4 is 10.6 Å². The van der Waals surface area contributed by atoms with Crippen LogP contribution in [0.3, 0.4) is 0 Å². The van der Waals surface area contributed by atoms with Gasteiger partial charge < -0.3 is 15.5 Å². The lowest BCUT2D eigenvalue weighted by atomic mass is 9.98. The van der Waals surface area contributed by atoms with E-state index in [0.29, 0.717) is 19.4 Å². The molecule has 2 unspecified atom stereocenters. The highest BCUT2D eigenvalue weighted by atomic mass is 16.2. The molecule has 2 N–H and O–H groups in total. The van der Waals surface area contributed by atoms with E-state index in [2.05, 4.69) is 10.6 Å². The van der Waals surface area contributed by atoms with Crippen LogP contribution in [0.25, 0.3) is 0 Å². The van der Waals surface area contributed by atoms with Crippen LogP contribution in [0.2, 0.25) is 0 Å². The van der Waals surface area contributed by atoms with Crippen molar-refractivity contribution in [3.8, 4) is 0 Å². The van der Waals surface area contributed by atoms with E-state index in [1.165, 1.54) is 0 Å². The fourth-order valence-corrected chi connectivity index (χ4v) is 1.91. The first kappa shape index (κ1) is 13.0. The Morgan fingerprint density at radius 3 is 2.81 bits per heavy atom. The maximum atomic E-state index is 11.8. The molecule has 2 atom stereocenters. The van der Waals surface area contributed by atoms with Gasteiger partial charge >= 0.3 is 0 Å². The Labute approximate surface area is 96.6 Å². The summed E-state index contributed by atoms with van der Waals surface area (Å²) in [7, 11) is 3.95. The van der Waals surface area contributed by atoms with Crippen LogP contribution in [0.15, 0.2) is 0 Å². The molecule has 0 saturated carbocycles. The average Bonchev–Trinajstić information content (AvgIpc) is 2.16. The maximum absolute atomic E-state index is 11.8. The van der Waals surface area contributed by atoms with Crippen molar-refractivity contribution in [3.05, 3.63) is 0 Å². The lowest BCUT2D eigenvalue weighted by Gasteiger charge is -2.24. The van der Waals surface area contributed by atoms with E-state index < -0.39 is 0 Å². The molecule has 1 fully saturated rings. The molecule has 5 nitrogen and oxygen atoms in total. The second-order valence-electron chi connectivity index (χ2n) is 4.71. The van der Waals surface area contributed by atoms with E-state index in [0.717, 1.165) is 6.54 Å². The molecule has 0 aromatic rings. The van der Waals surface area contributed by atoms with E-state index in [-0.39, 0.29) is 23.8 Å². The van der Waals surface area contributed by atoms with E-state index in [1.807, 2.05) is 25.9 Å². The van der Waals surface area contributed by atoms with Crippen LogP contribution in [0.5, 0.6) is 0 Å². The summed E-state index contributed by atoms with van der Waals surface area (Å²) in [6.07, 6.45) is 1.12. The number of nitrogens with zero attached hydrogens (tertiary/aromatic N) is 1. The van der Waals surface area contributed by atoms with Gasteiger partial charge in [0.25, 0.3) is 0 Å². The summed E-state index contributed by atoms with van der Waals surface area (Å²) >= 11 is 0. The van der Waals surface area contributed by atoms with Crippen molar-refractivity contribution in [2.75, 3.05) is 27.2 Å². The molecule has 16 heavy (non-hydrogen) atoms. The first-order chi connectivity index (χ1) is 7.49. The van der Waals surface area contributed by atoms with Crippen LogP contribution in [0.1, 0.15) is 19.8 Å². The minimum Gasteiger partial charge on any atom is -0.355 e. The molecule has 5 heteroatoms. The molecule has 2 amide bonds. The Hall–Kier alpha value is -1.10. The van der Waals surface area contributed by atoms with Gasteiger partial charge in [-0.05, 0) is 27.4 Å². The Bertz CT molecular complexity index is 256. The quantitative estimate of drug-likeness (QED) is 0.685. The third-order valence-electron chi connectivity index (χ3n) is 2.66. The van der Waals surface area contributed by atoms with Gasteiger partial charge in [-0.2, -0.15) is 0 Å². The first-order valence-electron chi connectivity index (χ1n) is 5.71. The SMILES string of the molecule is CC(CN(C)C)NC(=O)C1CCC(=O)NC1. The summed E-state index contributed by atoms with van der Waals surface area (Å²) in [4.78, 5) is 24.8. The number of carbonyl (C=O) groups is 2. The van der Waals surface area contributed by atoms with Crippen LogP contribution in [0.4, 0.5) is 0 Å². The van der Waals surface area contributed by atoms with E-state index in [9.17, 15) is 9.59 Å². The summed E-state index contributed by atoms with van der Waals surface area (Å²) in [5.41, 5.74) is 0. The summed E-state index contributed by atoms with van der Waals surface area (Å²) in [5, 5.41) is 5.68. The highest BCUT2D eigenvalue weighted by Crippen LogP contribution is 2.10. The van der Waals surface area contributed by atoms with E-state index in [1.54, 1.807) is 0 Å². The Balaban J connectivity index is 2.31. The van der Waals surface area contributed by atoms with Gasteiger partial charge in [-0.3, -0.25) is 9.59 Å². The van der Waals surface area contributed by atoms with Crippen molar-refractivity contribution in [2.45, 2.75) is 25.8 Å². The van der Waals surface area contributed by atoms with Gasteiger partial charge in [0, 0.05) is 25.6 Å². The fourth-order valence-electron chi connectivity index (χ4n) is 1.91. The molecule has 1 aliphatic heterocycles. The van der Waals surface area contributed by atoms with Crippen molar-refractivity contribution in [1.29, 1.82) is 0 Å². The lowest BCUT2D eigenvalue weighted by Crippen LogP contribution is -2.47. The zero-order valence-electron chi connectivity index (χ0n) is 10.2. The third-order valence-corrected chi connectivity index (χ3v) is 2.66. The van der Waals surface area contributed by atoms with Gasteiger partial charge in [0.15, 0.2) is 0 Å².